The van der Waals surface area contributed by atoms with Crippen LogP contribution in [0.1, 0.15) is 5.56 Å². The second kappa shape index (κ2) is 4.85. The second-order valence-electron chi connectivity index (χ2n) is 2.59. The number of ether oxygens (including phenoxy) is 1. The molecular weight excluding hydrogens is 250 g/mol. The SMILES string of the molecule is COc1c(Br)cccc1CNC(=O)O. The molecule has 0 aliphatic heterocycles. The van der Waals surface area contributed by atoms with Crippen molar-refractivity contribution in [2.75, 3.05) is 7.11 Å². The Hall–Kier alpha value is -1.23. The van der Waals surface area contributed by atoms with Crippen LogP contribution >= 0.6 is 15.9 Å². The maximum absolute atomic E-state index is 10.3. The normalized spacial score (nSPS) is 9.57. The summed E-state index contributed by atoms with van der Waals surface area (Å²) in [5, 5.41) is 10.7. The third-order valence-electron chi connectivity index (χ3n) is 1.68. The van der Waals surface area contributed by atoms with E-state index in [1.165, 1.54) is 0 Å². The average molecular weight is 260 g/mol. The third kappa shape index (κ3) is 2.63. The molecule has 0 aliphatic carbocycles. The van der Waals surface area contributed by atoms with Gasteiger partial charge in [-0.25, -0.2) is 4.79 Å². The summed E-state index contributed by atoms with van der Waals surface area (Å²) in [4.78, 5) is 10.3. The Bertz CT molecular complexity index is 341. The van der Waals surface area contributed by atoms with E-state index in [0.717, 1.165) is 10.0 Å². The van der Waals surface area contributed by atoms with Gasteiger partial charge in [0.25, 0.3) is 0 Å². The molecule has 76 valence electrons. The molecule has 0 bridgehead atoms. The predicted octanol–water partition coefficient (Wildman–Crippen LogP) is 2.23. The van der Waals surface area contributed by atoms with Gasteiger partial charge < -0.3 is 15.2 Å². The fraction of sp³-hybridized carbons (Fsp3) is 0.222. The molecule has 0 radical (unpaired) electrons. The molecule has 0 heterocycles. The molecule has 0 unspecified atom stereocenters. The predicted molar refractivity (Wildman–Crippen MR) is 55.6 cm³/mol. The lowest BCUT2D eigenvalue weighted by Crippen LogP contribution is -2.20. The van der Waals surface area contributed by atoms with E-state index >= 15 is 0 Å². The summed E-state index contributed by atoms with van der Waals surface area (Å²) in [6, 6.07) is 5.47. The first-order chi connectivity index (χ1) is 6.65. The van der Waals surface area contributed by atoms with Crippen molar-refractivity contribution in [2.24, 2.45) is 0 Å². The Morgan fingerprint density at radius 1 is 1.64 bits per heavy atom. The van der Waals surface area contributed by atoms with Crippen molar-refractivity contribution in [3.8, 4) is 5.75 Å². The number of para-hydroxylation sites is 1. The van der Waals surface area contributed by atoms with Gasteiger partial charge in [0.15, 0.2) is 0 Å². The molecule has 4 nitrogen and oxygen atoms in total. The van der Waals surface area contributed by atoms with Crippen LogP contribution in [0.5, 0.6) is 5.75 Å². The molecule has 0 atom stereocenters. The van der Waals surface area contributed by atoms with Crippen molar-refractivity contribution < 1.29 is 14.6 Å². The Morgan fingerprint density at radius 2 is 2.36 bits per heavy atom. The molecule has 0 fully saturated rings. The fourth-order valence-corrected chi connectivity index (χ4v) is 1.66. The summed E-state index contributed by atoms with van der Waals surface area (Å²) in [6.45, 7) is 0.234. The van der Waals surface area contributed by atoms with Gasteiger partial charge in [0.1, 0.15) is 5.75 Å². The smallest absolute Gasteiger partial charge is 0.404 e. The van der Waals surface area contributed by atoms with E-state index in [9.17, 15) is 4.79 Å². The number of benzene rings is 1. The Balaban J connectivity index is 2.85. The number of rotatable bonds is 3. The van der Waals surface area contributed by atoms with Crippen LogP contribution in [0.15, 0.2) is 22.7 Å². The molecule has 0 spiro atoms. The number of halogens is 1. The first-order valence-electron chi connectivity index (χ1n) is 3.93. The van der Waals surface area contributed by atoms with Gasteiger partial charge in [-0.3, -0.25) is 0 Å². The molecule has 1 rings (SSSR count). The summed E-state index contributed by atoms with van der Waals surface area (Å²) < 4.78 is 5.94. The van der Waals surface area contributed by atoms with E-state index in [0.29, 0.717) is 5.75 Å². The van der Waals surface area contributed by atoms with Gasteiger partial charge in [0, 0.05) is 12.1 Å². The summed E-state index contributed by atoms with van der Waals surface area (Å²) in [6.07, 6.45) is -1.05. The molecule has 1 aromatic rings. The zero-order valence-corrected chi connectivity index (χ0v) is 9.17. The van der Waals surface area contributed by atoms with E-state index in [2.05, 4.69) is 21.2 Å². The second-order valence-corrected chi connectivity index (χ2v) is 3.45. The number of nitrogens with one attached hydrogen (secondary N) is 1. The standard InChI is InChI=1S/C9H10BrNO3/c1-14-8-6(5-11-9(12)13)3-2-4-7(8)10/h2-4,11H,5H2,1H3,(H,12,13). The summed E-state index contributed by atoms with van der Waals surface area (Å²) in [5.41, 5.74) is 0.796. The highest BCUT2D eigenvalue weighted by atomic mass is 79.9. The summed E-state index contributed by atoms with van der Waals surface area (Å²) in [7, 11) is 1.55. The van der Waals surface area contributed by atoms with Gasteiger partial charge in [-0.05, 0) is 22.0 Å². The molecule has 1 aromatic carbocycles. The lowest BCUT2D eigenvalue weighted by Gasteiger charge is -2.09. The van der Waals surface area contributed by atoms with Crippen LogP contribution in [0.3, 0.4) is 0 Å². The number of hydrogen-bond acceptors (Lipinski definition) is 2. The quantitative estimate of drug-likeness (QED) is 0.876. The largest absolute Gasteiger partial charge is 0.495 e. The molecule has 0 aliphatic rings. The highest BCUT2D eigenvalue weighted by Gasteiger charge is 2.07. The van der Waals surface area contributed by atoms with Crippen LogP contribution in [0.4, 0.5) is 4.79 Å². The average Bonchev–Trinajstić information content (AvgIpc) is 2.14. The van der Waals surface area contributed by atoms with Crippen LogP contribution in [-0.4, -0.2) is 18.3 Å². The summed E-state index contributed by atoms with van der Waals surface area (Å²) in [5.74, 6) is 0.654. The lowest BCUT2D eigenvalue weighted by atomic mass is 10.2. The van der Waals surface area contributed by atoms with Crippen molar-refractivity contribution in [1.82, 2.24) is 5.32 Å². The minimum Gasteiger partial charge on any atom is -0.495 e. The van der Waals surface area contributed by atoms with Crippen molar-refractivity contribution >= 4 is 22.0 Å². The Kier molecular flexibility index (Phi) is 3.76. The zero-order valence-electron chi connectivity index (χ0n) is 7.58. The van der Waals surface area contributed by atoms with E-state index in [4.69, 9.17) is 9.84 Å². The minimum absolute atomic E-state index is 0.234. The molecular formula is C9H10BrNO3. The highest BCUT2D eigenvalue weighted by Crippen LogP contribution is 2.28. The van der Waals surface area contributed by atoms with Gasteiger partial charge >= 0.3 is 6.09 Å². The highest BCUT2D eigenvalue weighted by molar-refractivity contribution is 9.10. The molecule has 14 heavy (non-hydrogen) atoms. The Labute approximate surface area is 90.0 Å². The van der Waals surface area contributed by atoms with Gasteiger partial charge in [-0.2, -0.15) is 0 Å². The molecule has 5 heteroatoms. The van der Waals surface area contributed by atoms with Gasteiger partial charge in [0.05, 0.1) is 11.6 Å². The van der Waals surface area contributed by atoms with Gasteiger partial charge in [0.2, 0.25) is 0 Å². The van der Waals surface area contributed by atoms with Crippen LogP contribution < -0.4 is 10.1 Å². The van der Waals surface area contributed by atoms with Crippen LogP contribution in [0.25, 0.3) is 0 Å². The lowest BCUT2D eigenvalue weighted by molar-refractivity contribution is 0.194. The van der Waals surface area contributed by atoms with Crippen molar-refractivity contribution in [3.63, 3.8) is 0 Å². The van der Waals surface area contributed by atoms with Crippen molar-refractivity contribution in [1.29, 1.82) is 0 Å². The van der Waals surface area contributed by atoms with Gasteiger partial charge in [-0.1, -0.05) is 12.1 Å². The van der Waals surface area contributed by atoms with Crippen LogP contribution in [0.2, 0.25) is 0 Å². The summed E-state index contributed by atoms with van der Waals surface area (Å²) >= 11 is 3.31. The number of carbonyl (C=O) groups is 1. The Morgan fingerprint density at radius 3 is 2.93 bits per heavy atom. The van der Waals surface area contributed by atoms with Crippen LogP contribution in [0, 0.1) is 0 Å². The van der Waals surface area contributed by atoms with E-state index in [1.54, 1.807) is 13.2 Å². The molecule has 1 amide bonds. The number of carboxylic acid groups (broad SMARTS) is 1. The number of methoxy groups -OCH3 is 1. The zero-order chi connectivity index (χ0) is 10.6. The monoisotopic (exact) mass is 259 g/mol. The van der Waals surface area contributed by atoms with Crippen LogP contribution in [-0.2, 0) is 6.54 Å². The maximum Gasteiger partial charge on any atom is 0.404 e. The van der Waals surface area contributed by atoms with E-state index < -0.39 is 6.09 Å². The van der Waals surface area contributed by atoms with Crippen molar-refractivity contribution in [2.45, 2.75) is 6.54 Å². The van der Waals surface area contributed by atoms with Gasteiger partial charge in [-0.15, -0.1) is 0 Å². The molecule has 0 saturated carbocycles. The fourth-order valence-electron chi connectivity index (χ4n) is 1.09. The number of hydrogen-bond donors (Lipinski definition) is 2. The van der Waals surface area contributed by atoms with E-state index in [-0.39, 0.29) is 6.54 Å². The first kappa shape index (κ1) is 10.8. The first-order valence-corrected chi connectivity index (χ1v) is 4.72. The number of amides is 1. The van der Waals surface area contributed by atoms with E-state index in [1.807, 2.05) is 12.1 Å². The topological polar surface area (TPSA) is 58.6 Å². The molecule has 0 aromatic heterocycles. The minimum atomic E-state index is -1.05. The molecule has 2 N–H and O–H groups in total. The molecule has 0 saturated heterocycles. The maximum atomic E-state index is 10.3. The third-order valence-corrected chi connectivity index (χ3v) is 2.31. The van der Waals surface area contributed by atoms with Crippen molar-refractivity contribution in [3.05, 3.63) is 28.2 Å².